The molecule has 0 heterocycles. The SMILES string of the molecule is [CH2-]C(=O)COC(C)(C)C.[Zn+][Br]. The summed E-state index contributed by atoms with van der Waals surface area (Å²) in [6.45, 7) is 8.99. The molecule has 0 aromatic rings. The molecule has 0 rings (SSSR count). The Morgan fingerprint density at radius 3 is 2.00 bits per heavy atom. The maximum absolute atomic E-state index is 10.3. The first-order valence-electron chi connectivity index (χ1n) is 3.17. The minimum absolute atomic E-state index is 0.115. The number of ketones is 1. The second-order valence-corrected chi connectivity index (χ2v) is 2.94. The molecule has 0 spiro atoms. The van der Waals surface area contributed by atoms with E-state index >= 15 is 0 Å². The van der Waals surface area contributed by atoms with Gasteiger partial charge in [0.05, 0.1) is 12.2 Å². The molecular weight excluding hydrogens is 261 g/mol. The third-order valence-electron chi connectivity index (χ3n) is 0.666. The number of Topliss-reactive ketones (excluding diaryl/α,β-unsaturated/α-hetero) is 1. The van der Waals surface area contributed by atoms with Crippen molar-refractivity contribution in [2.24, 2.45) is 0 Å². The summed E-state index contributed by atoms with van der Waals surface area (Å²) in [7, 11) is 0. The van der Waals surface area contributed by atoms with Crippen molar-refractivity contribution in [1.82, 2.24) is 0 Å². The van der Waals surface area contributed by atoms with E-state index in [0.717, 1.165) is 0 Å². The molecule has 0 aliphatic heterocycles. The molecule has 4 heteroatoms. The van der Waals surface area contributed by atoms with Gasteiger partial charge in [0.25, 0.3) is 0 Å². The van der Waals surface area contributed by atoms with Gasteiger partial charge in [-0.05, 0) is 20.8 Å². The quantitative estimate of drug-likeness (QED) is 0.569. The summed E-state index contributed by atoms with van der Waals surface area (Å²) in [5, 5.41) is 0. The first kappa shape index (κ1) is 14.1. The number of hydrogen-bond acceptors (Lipinski definition) is 2. The van der Waals surface area contributed by atoms with E-state index in [1.807, 2.05) is 20.8 Å². The maximum atomic E-state index is 10.3. The van der Waals surface area contributed by atoms with Gasteiger partial charge in [-0.15, -0.1) is 0 Å². The van der Waals surface area contributed by atoms with Gasteiger partial charge in [-0.25, -0.2) is 0 Å². The molecule has 0 fully saturated rings. The van der Waals surface area contributed by atoms with Gasteiger partial charge in [-0.1, -0.05) is 0 Å². The Balaban J connectivity index is 0. The van der Waals surface area contributed by atoms with Crippen LogP contribution in [-0.2, 0) is 25.9 Å². The van der Waals surface area contributed by atoms with E-state index in [4.69, 9.17) is 4.74 Å². The first-order chi connectivity index (χ1) is 4.92. The molecule has 0 unspecified atom stereocenters. The summed E-state index contributed by atoms with van der Waals surface area (Å²) < 4.78 is 5.08. The van der Waals surface area contributed by atoms with Gasteiger partial charge < -0.3 is 16.5 Å². The number of hydrogen-bond donors (Lipinski definition) is 0. The van der Waals surface area contributed by atoms with Crippen molar-refractivity contribution in [2.45, 2.75) is 26.4 Å². The first-order valence-corrected chi connectivity index (χ1v) is 10.1. The van der Waals surface area contributed by atoms with Crippen molar-refractivity contribution in [3.63, 3.8) is 0 Å². The summed E-state index contributed by atoms with van der Waals surface area (Å²) >= 11 is 4.25. The van der Waals surface area contributed by atoms with Crippen LogP contribution in [0.2, 0.25) is 0 Å². The summed E-state index contributed by atoms with van der Waals surface area (Å²) in [5.74, 6) is -0.176. The fraction of sp³-hybridized carbons (Fsp3) is 0.714. The number of carbonyl (C=O) groups is 1. The van der Waals surface area contributed by atoms with Crippen molar-refractivity contribution in [2.75, 3.05) is 6.61 Å². The molecule has 0 atom stereocenters. The molecule has 0 N–H and O–H groups in total. The van der Waals surface area contributed by atoms with Gasteiger partial charge >= 0.3 is 30.0 Å². The molecule has 0 aromatic heterocycles. The van der Waals surface area contributed by atoms with Crippen molar-refractivity contribution in [3.8, 4) is 0 Å². The molecule has 2 nitrogen and oxygen atoms in total. The Morgan fingerprint density at radius 2 is 1.91 bits per heavy atom. The standard InChI is InChI=1S/C7H13O2.BrH.Zn/c1-6(8)5-9-7(2,3)4;;/h1,5H2,2-4H3;1H;/q-1;;+2/p-1. The van der Waals surface area contributed by atoms with Crippen LogP contribution in [0.25, 0.3) is 0 Å². The van der Waals surface area contributed by atoms with Crippen LogP contribution in [0.4, 0.5) is 0 Å². The Kier molecular flexibility index (Phi) is 9.34. The second-order valence-electron chi connectivity index (χ2n) is 2.94. The van der Waals surface area contributed by atoms with E-state index in [1.165, 1.54) is 16.3 Å². The summed E-state index contributed by atoms with van der Waals surface area (Å²) in [4.78, 5) is 10.3. The van der Waals surface area contributed by atoms with Gasteiger partial charge in [-0.3, -0.25) is 0 Å². The van der Waals surface area contributed by atoms with Gasteiger partial charge in [0, 0.05) is 5.78 Å². The number of ether oxygens (including phenoxy) is 1. The predicted octanol–water partition coefficient (Wildman–Crippen LogP) is 2.05. The normalized spacial score (nSPS) is 10.0. The predicted molar refractivity (Wildman–Crippen MR) is 45.0 cm³/mol. The van der Waals surface area contributed by atoms with E-state index in [0.29, 0.717) is 0 Å². The van der Waals surface area contributed by atoms with Gasteiger partial charge in [0.1, 0.15) is 0 Å². The Morgan fingerprint density at radius 1 is 1.55 bits per heavy atom. The van der Waals surface area contributed by atoms with Crippen LogP contribution < -0.4 is 0 Å². The zero-order valence-electron chi connectivity index (χ0n) is 7.32. The Hall–Kier alpha value is 0.603. The molecule has 11 heavy (non-hydrogen) atoms. The minimum atomic E-state index is -0.229. The molecule has 0 aliphatic carbocycles. The van der Waals surface area contributed by atoms with Crippen molar-refractivity contribution in [3.05, 3.63) is 6.92 Å². The molecule has 0 radical (unpaired) electrons. The fourth-order valence-corrected chi connectivity index (χ4v) is 0.297. The van der Waals surface area contributed by atoms with E-state index in [-0.39, 0.29) is 18.0 Å². The summed E-state index contributed by atoms with van der Waals surface area (Å²) in [6.07, 6.45) is 0. The van der Waals surface area contributed by atoms with Crippen LogP contribution in [0, 0.1) is 6.92 Å². The monoisotopic (exact) mass is 272 g/mol. The van der Waals surface area contributed by atoms with E-state index in [2.05, 4.69) is 20.5 Å². The summed E-state index contributed by atoms with van der Waals surface area (Å²) in [5.41, 5.74) is -0.229. The van der Waals surface area contributed by atoms with Gasteiger partial charge in [-0.2, -0.15) is 0 Å². The number of carbonyl (C=O) groups excluding carboxylic acids is 1. The zero-order chi connectivity index (χ0) is 9.49. The third kappa shape index (κ3) is 18.0. The molecular formula is C7H13BrO2Zn. The van der Waals surface area contributed by atoms with Gasteiger partial charge in [0.15, 0.2) is 0 Å². The zero-order valence-corrected chi connectivity index (χ0v) is 11.9. The molecule has 0 aliphatic rings. The molecule has 0 saturated heterocycles. The second kappa shape index (κ2) is 7.26. The van der Waals surface area contributed by atoms with Crippen LogP contribution in [-0.4, -0.2) is 18.0 Å². The fourth-order valence-electron chi connectivity index (χ4n) is 0.297. The summed E-state index contributed by atoms with van der Waals surface area (Å²) in [6, 6.07) is 0. The van der Waals surface area contributed by atoms with Gasteiger partial charge in [0.2, 0.25) is 0 Å². The molecule has 62 valence electrons. The van der Waals surface area contributed by atoms with Crippen LogP contribution in [0.1, 0.15) is 20.8 Å². The molecule has 0 saturated carbocycles. The Bertz CT molecular complexity index is 109. The number of rotatable bonds is 2. The van der Waals surface area contributed by atoms with Crippen molar-refractivity contribution < 1.29 is 25.9 Å². The topological polar surface area (TPSA) is 26.3 Å². The van der Waals surface area contributed by atoms with E-state index in [9.17, 15) is 4.79 Å². The number of halogens is 1. The van der Waals surface area contributed by atoms with Crippen LogP contribution in [0.3, 0.4) is 0 Å². The van der Waals surface area contributed by atoms with Crippen LogP contribution >= 0.6 is 13.6 Å². The average Bonchev–Trinajstić information content (AvgIpc) is 1.87. The molecule has 0 bridgehead atoms. The molecule has 0 amide bonds. The van der Waals surface area contributed by atoms with Crippen LogP contribution in [0.15, 0.2) is 0 Å². The molecule has 0 aromatic carbocycles. The van der Waals surface area contributed by atoms with E-state index < -0.39 is 0 Å². The van der Waals surface area contributed by atoms with Crippen molar-refractivity contribution in [1.29, 1.82) is 0 Å². The van der Waals surface area contributed by atoms with Crippen LogP contribution in [0.5, 0.6) is 0 Å². The Labute approximate surface area is 85.1 Å². The van der Waals surface area contributed by atoms with Crippen molar-refractivity contribution >= 4 is 19.4 Å². The van der Waals surface area contributed by atoms with E-state index in [1.54, 1.807) is 0 Å². The average molecular weight is 274 g/mol. The third-order valence-corrected chi connectivity index (χ3v) is 0.666.